The molecule has 2 aromatic carbocycles. The number of nitrogens with one attached hydrogen (secondary N) is 1. The predicted octanol–water partition coefficient (Wildman–Crippen LogP) is 3.73. The Hall–Kier alpha value is -4.37. The van der Waals surface area contributed by atoms with Crippen molar-refractivity contribution in [3.8, 4) is 18.0 Å². The first-order chi connectivity index (χ1) is 15.2. The third kappa shape index (κ3) is 3.43. The number of benzene rings is 2. The van der Waals surface area contributed by atoms with Crippen LogP contribution in [0.3, 0.4) is 0 Å². The molecule has 0 spiro atoms. The van der Waals surface area contributed by atoms with Gasteiger partial charge in [-0.15, -0.1) is 6.42 Å². The number of amides is 1. The van der Waals surface area contributed by atoms with Gasteiger partial charge in [0.15, 0.2) is 5.69 Å². The average Bonchev–Trinajstić information content (AvgIpc) is 3.45. The van der Waals surface area contributed by atoms with Crippen LogP contribution in [-0.4, -0.2) is 21.2 Å². The summed E-state index contributed by atoms with van der Waals surface area (Å²) in [7, 11) is 0. The first-order valence-corrected chi connectivity index (χ1v) is 9.82. The Morgan fingerprint density at radius 3 is 2.81 bits per heavy atom. The second-order valence-electron chi connectivity index (χ2n) is 7.08. The van der Waals surface area contributed by atoms with Crippen LogP contribution in [0.5, 0.6) is 0 Å². The van der Waals surface area contributed by atoms with Crippen molar-refractivity contribution in [3.05, 3.63) is 107 Å². The number of terminal acetylenes is 1. The molecular weight excluding hydrogens is 388 g/mol. The molecule has 1 aliphatic rings. The summed E-state index contributed by atoms with van der Waals surface area (Å²) < 4.78 is 7.20. The van der Waals surface area contributed by atoms with Gasteiger partial charge in [-0.1, -0.05) is 36.3 Å². The van der Waals surface area contributed by atoms with E-state index in [0.717, 1.165) is 33.8 Å². The van der Waals surface area contributed by atoms with Gasteiger partial charge in [0, 0.05) is 16.7 Å². The number of carbonyl (C=O) groups is 1. The Balaban J connectivity index is 1.57. The first-order valence-electron chi connectivity index (χ1n) is 9.82. The second kappa shape index (κ2) is 7.81. The number of carbonyl (C=O) groups excluding carboxylic acids is 1. The molecule has 31 heavy (non-hydrogen) atoms. The van der Waals surface area contributed by atoms with E-state index >= 15 is 0 Å². The fraction of sp³-hybridized carbons (Fsp3) is 0.0800. The lowest BCUT2D eigenvalue weighted by Crippen LogP contribution is -2.24. The van der Waals surface area contributed by atoms with Crippen LogP contribution in [-0.2, 0) is 13.1 Å². The van der Waals surface area contributed by atoms with Gasteiger partial charge in [-0.25, -0.2) is 4.98 Å². The van der Waals surface area contributed by atoms with Crippen molar-refractivity contribution < 1.29 is 9.21 Å². The van der Waals surface area contributed by atoms with Crippen LogP contribution in [0.1, 0.15) is 38.6 Å². The Morgan fingerprint density at radius 1 is 1.16 bits per heavy atom. The molecule has 1 aliphatic heterocycles. The summed E-state index contributed by atoms with van der Waals surface area (Å²) in [6.45, 7) is 0.604. The summed E-state index contributed by atoms with van der Waals surface area (Å²) in [5, 5.41) is 2.86. The van der Waals surface area contributed by atoms with Crippen molar-refractivity contribution in [2.24, 2.45) is 4.99 Å². The molecule has 0 atom stereocenters. The maximum absolute atomic E-state index is 12.8. The van der Waals surface area contributed by atoms with Gasteiger partial charge < -0.3 is 9.73 Å². The molecule has 150 valence electrons. The van der Waals surface area contributed by atoms with E-state index in [4.69, 9.17) is 15.8 Å². The summed E-state index contributed by atoms with van der Waals surface area (Å²) in [5.74, 6) is 3.10. The van der Waals surface area contributed by atoms with E-state index < -0.39 is 0 Å². The topological polar surface area (TPSA) is 72.4 Å². The lowest BCUT2D eigenvalue weighted by Gasteiger charge is -2.12. The van der Waals surface area contributed by atoms with Crippen LogP contribution in [0.2, 0.25) is 0 Å². The highest BCUT2D eigenvalue weighted by atomic mass is 16.3. The van der Waals surface area contributed by atoms with Crippen molar-refractivity contribution in [1.82, 2.24) is 14.9 Å². The number of rotatable bonds is 4. The third-order valence-corrected chi connectivity index (χ3v) is 5.20. The minimum atomic E-state index is -0.273. The van der Waals surface area contributed by atoms with Gasteiger partial charge in [-0.05, 0) is 30.3 Å². The zero-order valence-electron chi connectivity index (χ0n) is 16.6. The van der Waals surface area contributed by atoms with E-state index in [1.165, 1.54) is 0 Å². The van der Waals surface area contributed by atoms with Crippen molar-refractivity contribution in [2.75, 3.05) is 0 Å². The van der Waals surface area contributed by atoms with Gasteiger partial charge in [0.1, 0.15) is 12.1 Å². The fourth-order valence-electron chi connectivity index (χ4n) is 3.69. The van der Waals surface area contributed by atoms with Crippen LogP contribution >= 0.6 is 0 Å². The summed E-state index contributed by atoms with van der Waals surface area (Å²) in [6, 6.07) is 19.3. The Kier molecular flexibility index (Phi) is 4.70. The molecule has 0 bridgehead atoms. The highest BCUT2D eigenvalue weighted by Crippen LogP contribution is 2.27. The minimum absolute atomic E-state index is 0.273. The molecule has 1 N–H and O–H groups in total. The van der Waals surface area contributed by atoms with Crippen molar-refractivity contribution in [1.29, 1.82) is 0 Å². The van der Waals surface area contributed by atoms with Gasteiger partial charge in [0.2, 0.25) is 0 Å². The summed E-state index contributed by atoms with van der Waals surface area (Å²) in [4.78, 5) is 22.1. The first kappa shape index (κ1) is 18.6. The van der Waals surface area contributed by atoms with E-state index in [1.54, 1.807) is 18.7 Å². The number of hydrogen-bond acceptors (Lipinski definition) is 4. The van der Waals surface area contributed by atoms with E-state index in [9.17, 15) is 4.79 Å². The van der Waals surface area contributed by atoms with Crippen LogP contribution in [0.25, 0.3) is 5.69 Å². The molecule has 0 radical (unpaired) electrons. The average molecular weight is 406 g/mol. The van der Waals surface area contributed by atoms with Gasteiger partial charge in [0.05, 0.1) is 36.4 Å². The Bertz CT molecular complexity index is 1330. The number of hydrogen-bond donors (Lipinski definition) is 1. The van der Waals surface area contributed by atoms with Gasteiger partial charge >= 0.3 is 0 Å². The Labute approximate surface area is 179 Å². The smallest absolute Gasteiger partial charge is 0.272 e. The molecule has 0 aliphatic carbocycles. The number of fused-ring (bicyclic) bond motifs is 3. The quantitative estimate of drug-likeness (QED) is 0.525. The number of imidazole rings is 1. The lowest BCUT2D eigenvalue weighted by molar-refractivity contribution is 0.0942. The monoisotopic (exact) mass is 406 g/mol. The highest BCUT2D eigenvalue weighted by Gasteiger charge is 2.24. The largest absolute Gasteiger partial charge is 0.467 e. The normalized spacial score (nSPS) is 12.2. The molecular formula is C25H18N4O2. The second-order valence-corrected chi connectivity index (χ2v) is 7.08. The van der Waals surface area contributed by atoms with Crippen molar-refractivity contribution >= 4 is 11.6 Å². The zero-order chi connectivity index (χ0) is 21.2. The molecule has 2 aromatic heterocycles. The van der Waals surface area contributed by atoms with Crippen molar-refractivity contribution in [3.63, 3.8) is 0 Å². The minimum Gasteiger partial charge on any atom is -0.467 e. The van der Waals surface area contributed by atoms with Gasteiger partial charge in [-0.2, -0.15) is 0 Å². The zero-order valence-corrected chi connectivity index (χ0v) is 16.6. The van der Waals surface area contributed by atoms with Crippen LogP contribution in [0.4, 0.5) is 0 Å². The molecule has 0 fully saturated rings. The summed E-state index contributed by atoms with van der Waals surface area (Å²) in [6.07, 6.45) is 8.88. The third-order valence-electron chi connectivity index (χ3n) is 5.20. The molecule has 4 aromatic rings. The van der Waals surface area contributed by atoms with Crippen LogP contribution < -0.4 is 5.32 Å². The molecule has 0 saturated heterocycles. The number of aliphatic imine (C=N–C) groups is 1. The van der Waals surface area contributed by atoms with E-state index in [2.05, 4.69) is 16.2 Å². The van der Waals surface area contributed by atoms with E-state index in [-0.39, 0.29) is 5.91 Å². The van der Waals surface area contributed by atoms with E-state index in [1.807, 2.05) is 59.2 Å². The van der Waals surface area contributed by atoms with E-state index in [0.29, 0.717) is 24.5 Å². The number of furan rings is 1. The molecule has 0 unspecified atom stereocenters. The molecule has 6 nitrogen and oxygen atoms in total. The van der Waals surface area contributed by atoms with Crippen LogP contribution in [0.15, 0.2) is 82.7 Å². The maximum atomic E-state index is 12.8. The van der Waals surface area contributed by atoms with Crippen molar-refractivity contribution in [2.45, 2.75) is 13.1 Å². The van der Waals surface area contributed by atoms with Gasteiger partial charge in [0.25, 0.3) is 5.91 Å². The number of nitrogens with zero attached hydrogens (tertiary/aromatic N) is 3. The molecule has 3 heterocycles. The maximum Gasteiger partial charge on any atom is 0.272 e. The fourth-order valence-corrected chi connectivity index (χ4v) is 3.69. The SMILES string of the molecule is C#Cc1ccc2c(c1)C(c1ccccc1)=NCc1c(C(=O)NCc3ccco3)ncn1-2. The molecule has 0 saturated carbocycles. The summed E-state index contributed by atoms with van der Waals surface area (Å²) in [5.41, 5.74) is 5.43. The Morgan fingerprint density at radius 2 is 2.03 bits per heavy atom. The number of aromatic nitrogens is 2. The summed E-state index contributed by atoms with van der Waals surface area (Å²) >= 11 is 0. The standard InChI is InChI=1S/C25H18N4O2/c1-2-17-10-11-21-20(13-17)23(18-7-4-3-5-8-18)26-15-22-24(28-16-29(21)22)25(30)27-14-19-9-6-12-31-19/h1,3-13,16H,14-15H2,(H,27,30). The molecule has 1 amide bonds. The molecule has 6 heteroatoms. The highest BCUT2D eigenvalue weighted by molar-refractivity contribution is 6.15. The predicted molar refractivity (Wildman–Crippen MR) is 117 cm³/mol. The van der Waals surface area contributed by atoms with Gasteiger partial charge in [-0.3, -0.25) is 14.4 Å². The lowest BCUT2D eigenvalue weighted by atomic mass is 9.98. The molecule has 5 rings (SSSR count). The van der Waals surface area contributed by atoms with Crippen LogP contribution in [0, 0.1) is 12.3 Å².